The smallest absolute Gasteiger partial charge is 0.406 e. The minimum absolute atomic E-state index is 0.145. The number of rotatable bonds is 4. The zero-order valence-corrected chi connectivity index (χ0v) is 12.5. The van der Waals surface area contributed by atoms with Crippen LogP contribution in [0.5, 0.6) is 5.75 Å². The molecular formula is C13H9F3N4O3S. The molecular weight excluding hydrogens is 349 g/mol. The average Bonchev–Trinajstić information content (AvgIpc) is 2.89. The van der Waals surface area contributed by atoms with Crippen molar-refractivity contribution >= 4 is 21.4 Å². The molecule has 1 aromatic carbocycles. The van der Waals surface area contributed by atoms with Gasteiger partial charge in [-0.05, 0) is 30.3 Å². The summed E-state index contributed by atoms with van der Waals surface area (Å²) >= 11 is 0. The Morgan fingerprint density at radius 2 is 1.88 bits per heavy atom. The van der Waals surface area contributed by atoms with E-state index in [9.17, 15) is 21.6 Å². The van der Waals surface area contributed by atoms with E-state index in [4.69, 9.17) is 0 Å². The first kappa shape index (κ1) is 16.1. The molecule has 0 fully saturated rings. The molecule has 11 heteroatoms. The quantitative estimate of drug-likeness (QED) is 0.774. The van der Waals surface area contributed by atoms with Crippen molar-refractivity contribution in [2.24, 2.45) is 0 Å². The number of fused-ring (bicyclic) bond motifs is 1. The van der Waals surface area contributed by atoms with Crippen molar-refractivity contribution in [2.75, 3.05) is 4.72 Å². The van der Waals surface area contributed by atoms with Crippen LogP contribution in [0.25, 0.3) is 5.65 Å². The zero-order chi connectivity index (χ0) is 17.4. The number of benzene rings is 1. The third-order valence-electron chi connectivity index (χ3n) is 2.89. The summed E-state index contributed by atoms with van der Waals surface area (Å²) in [5.41, 5.74) is 0.435. The third kappa shape index (κ3) is 3.40. The van der Waals surface area contributed by atoms with Gasteiger partial charge in [-0.1, -0.05) is 0 Å². The number of hydrogen-bond acceptors (Lipinski definition) is 5. The van der Waals surface area contributed by atoms with E-state index >= 15 is 0 Å². The summed E-state index contributed by atoms with van der Waals surface area (Å²) in [6.45, 7) is 0. The summed E-state index contributed by atoms with van der Waals surface area (Å²) in [6, 6.07) is 5.45. The van der Waals surface area contributed by atoms with Crippen LogP contribution in [0.1, 0.15) is 0 Å². The lowest BCUT2D eigenvalue weighted by atomic mass is 10.3. The van der Waals surface area contributed by atoms with Gasteiger partial charge in [0, 0.05) is 12.4 Å². The van der Waals surface area contributed by atoms with Gasteiger partial charge in [0.1, 0.15) is 11.4 Å². The van der Waals surface area contributed by atoms with Crippen molar-refractivity contribution < 1.29 is 26.3 Å². The summed E-state index contributed by atoms with van der Waals surface area (Å²) in [6.07, 6.45) is -0.510. The highest BCUT2D eigenvalue weighted by Crippen LogP contribution is 2.25. The fourth-order valence-electron chi connectivity index (χ4n) is 1.92. The monoisotopic (exact) mass is 358 g/mol. The molecule has 7 nitrogen and oxygen atoms in total. The van der Waals surface area contributed by atoms with Gasteiger partial charge in [-0.2, -0.15) is 5.10 Å². The van der Waals surface area contributed by atoms with Crippen LogP contribution in [0.15, 0.2) is 53.8 Å². The predicted molar refractivity (Wildman–Crippen MR) is 76.9 cm³/mol. The maximum absolute atomic E-state index is 12.3. The van der Waals surface area contributed by atoms with Gasteiger partial charge in [0.2, 0.25) is 0 Å². The molecule has 0 saturated carbocycles. The number of nitrogens with one attached hydrogen (secondary N) is 1. The second-order valence-corrected chi connectivity index (χ2v) is 6.25. The zero-order valence-electron chi connectivity index (χ0n) is 11.7. The van der Waals surface area contributed by atoms with E-state index in [1.807, 2.05) is 0 Å². The highest BCUT2D eigenvalue weighted by atomic mass is 32.2. The van der Waals surface area contributed by atoms with Gasteiger partial charge in [0.25, 0.3) is 10.0 Å². The summed E-state index contributed by atoms with van der Waals surface area (Å²) in [7, 11) is -4.02. The second kappa shape index (κ2) is 5.67. The number of anilines is 1. The van der Waals surface area contributed by atoms with Crippen molar-refractivity contribution in [3.8, 4) is 5.75 Å². The van der Waals surface area contributed by atoms with Crippen LogP contribution in [0.4, 0.5) is 18.9 Å². The molecule has 0 aliphatic rings. The molecule has 0 spiro atoms. The number of ether oxygens (including phenoxy) is 1. The van der Waals surface area contributed by atoms with Gasteiger partial charge in [0.05, 0.1) is 11.1 Å². The first-order chi connectivity index (χ1) is 11.2. The Bertz CT molecular complexity index is 968. The van der Waals surface area contributed by atoms with E-state index in [2.05, 4.69) is 19.5 Å². The van der Waals surface area contributed by atoms with Gasteiger partial charge in [-0.15, -0.1) is 13.2 Å². The standard InChI is InChI=1S/C13H9F3N4O3S/c14-13(15,16)23-9-2-4-10(5-3-9)24(21,22)19-11-8-18-20-7-1-6-17-12(11)20/h1-8,19H. The fraction of sp³-hybridized carbons (Fsp3) is 0.0769. The summed E-state index contributed by atoms with van der Waals surface area (Å²) in [5.74, 6) is -0.515. The van der Waals surface area contributed by atoms with E-state index in [-0.39, 0.29) is 16.2 Å². The Morgan fingerprint density at radius 1 is 1.17 bits per heavy atom. The molecule has 1 N–H and O–H groups in total. The average molecular weight is 358 g/mol. The molecule has 3 aromatic rings. The van der Waals surface area contributed by atoms with Crippen molar-refractivity contribution in [1.29, 1.82) is 0 Å². The summed E-state index contributed by atoms with van der Waals surface area (Å²) in [4.78, 5) is 3.77. The fourth-order valence-corrected chi connectivity index (χ4v) is 2.97. The number of sulfonamides is 1. The number of alkyl halides is 3. The largest absolute Gasteiger partial charge is 0.573 e. The van der Waals surface area contributed by atoms with Gasteiger partial charge >= 0.3 is 6.36 Å². The maximum atomic E-state index is 12.3. The SMILES string of the molecule is O=S(=O)(Nc1cnn2cccnc12)c1ccc(OC(F)(F)F)cc1. The third-order valence-corrected chi connectivity index (χ3v) is 4.27. The lowest BCUT2D eigenvalue weighted by Gasteiger charge is -2.10. The lowest BCUT2D eigenvalue weighted by molar-refractivity contribution is -0.274. The Balaban J connectivity index is 1.85. The molecule has 3 rings (SSSR count). The van der Waals surface area contributed by atoms with E-state index < -0.39 is 22.1 Å². The normalized spacial score (nSPS) is 12.3. The molecule has 0 aliphatic carbocycles. The molecule has 2 heterocycles. The maximum Gasteiger partial charge on any atom is 0.573 e. The summed E-state index contributed by atoms with van der Waals surface area (Å²) < 4.78 is 68.3. The predicted octanol–water partition coefficient (Wildman–Crippen LogP) is 2.43. The molecule has 0 aliphatic heterocycles. The topological polar surface area (TPSA) is 85.6 Å². The number of aromatic nitrogens is 3. The van der Waals surface area contributed by atoms with Crippen molar-refractivity contribution in [3.63, 3.8) is 0 Å². The lowest BCUT2D eigenvalue weighted by Crippen LogP contribution is -2.17. The molecule has 0 saturated heterocycles. The Hall–Kier alpha value is -2.82. The van der Waals surface area contributed by atoms with Gasteiger partial charge in [-0.25, -0.2) is 17.9 Å². The first-order valence-corrected chi connectivity index (χ1v) is 7.90. The highest BCUT2D eigenvalue weighted by molar-refractivity contribution is 7.92. The molecule has 126 valence electrons. The Kier molecular flexibility index (Phi) is 3.79. The van der Waals surface area contributed by atoms with E-state index in [0.29, 0.717) is 0 Å². The van der Waals surface area contributed by atoms with Crippen LogP contribution in [0.2, 0.25) is 0 Å². The molecule has 0 bridgehead atoms. The van der Waals surface area contributed by atoms with Crippen molar-refractivity contribution in [1.82, 2.24) is 14.6 Å². The summed E-state index contributed by atoms with van der Waals surface area (Å²) in [5, 5.41) is 3.93. The van der Waals surface area contributed by atoms with Crippen LogP contribution < -0.4 is 9.46 Å². The van der Waals surface area contributed by atoms with Gasteiger partial charge in [0.15, 0.2) is 5.65 Å². The number of halogens is 3. The van der Waals surface area contributed by atoms with Crippen LogP contribution >= 0.6 is 0 Å². The van der Waals surface area contributed by atoms with Crippen molar-refractivity contribution in [2.45, 2.75) is 11.3 Å². The second-order valence-electron chi connectivity index (χ2n) is 4.57. The Labute approximate surface area is 133 Å². The van der Waals surface area contributed by atoms with Crippen LogP contribution in [0.3, 0.4) is 0 Å². The first-order valence-electron chi connectivity index (χ1n) is 6.42. The molecule has 0 unspecified atom stereocenters. The van der Waals surface area contributed by atoms with Crippen LogP contribution in [-0.2, 0) is 10.0 Å². The molecule has 2 aromatic heterocycles. The Morgan fingerprint density at radius 3 is 2.54 bits per heavy atom. The number of hydrogen-bond donors (Lipinski definition) is 1. The van der Waals surface area contributed by atoms with Gasteiger partial charge in [-0.3, -0.25) is 4.72 Å². The molecule has 0 radical (unpaired) electrons. The minimum Gasteiger partial charge on any atom is -0.406 e. The highest BCUT2D eigenvalue weighted by Gasteiger charge is 2.31. The van der Waals surface area contributed by atoms with E-state index in [1.165, 1.54) is 16.9 Å². The van der Waals surface area contributed by atoms with Gasteiger partial charge < -0.3 is 4.74 Å². The van der Waals surface area contributed by atoms with Crippen molar-refractivity contribution in [3.05, 3.63) is 48.9 Å². The number of nitrogens with zero attached hydrogens (tertiary/aromatic N) is 3. The molecule has 24 heavy (non-hydrogen) atoms. The van der Waals surface area contributed by atoms with Crippen LogP contribution in [0, 0.1) is 0 Å². The molecule has 0 atom stereocenters. The molecule has 0 amide bonds. The van der Waals surface area contributed by atoms with E-state index in [0.717, 1.165) is 24.3 Å². The minimum atomic E-state index is -4.85. The van der Waals surface area contributed by atoms with E-state index in [1.54, 1.807) is 12.3 Å². The van der Waals surface area contributed by atoms with Crippen LogP contribution in [-0.4, -0.2) is 29.4 Å².